The molecule has 2 nitrogen and oxygen atoms in total. The second kappa shape index (κ2) is 7.30. The molecule has 1 unspecified atom stereocenters. The zero-order valence-electron chi connectivity index (χ0n) is 12.7. The molecule has 0 fully saturated rings. The van der Waals surface area contributed by atoms with Gasteiger partial charge in [-0.2, -0.15) is 0 Å². The highest BCUT2D eigenvalue weighted by atomic mass is 16.5. The van der Waals surface area contributed by atoms with Gasteiger partial charge in [0.25, 0.3) is 0 Å². The first-order valence-electron chi connectivity index (χ1n) is 7.58. The van der Waals surface area contributed by atoms with Crippen molar-refractivity contribution in [3.63, 3.8) is 0 Å². The highest BCUT2D eigenvalue weighted by Gasteiger charge is 2.10. The first kappa shape index (κ1) is 14.9. The second-order valence-corrected chi connectivity index (χ2v) is 5.60. The maximum Gasteiger partial charge on any atom is 0.120 e. The quantitative estimate of drug-likeness (QED) is 0.806. The van der Waals surface area contributed by atoms with Gasteiger partial charge in [-0.15, -0.1) is 0 Å². The van der Waals surface area contributed by atoms with Gasteiger partial charge < -0.3 is 10.1 Å². The predicted molar refractivity (Wildman–Crippen MR) is 86.4 cm³/mol. The summed E-state index contributed by atoms with van der Waals surface area (Å²) in [5, 5.41) is 5.95. The molecule has 0 spiro atoms. The van der Waals surface area contributed by atoms with Gasteiger partial charge in [-0.1, -0.05) is 57.5 Å². The van der Waals surface area contributed by atoms with Crippen molar-refractivity contribution >= 4 is 10.8 Å². The summed E-state index contributed by atoms with van der Waals surface area (Å²) >= 11 is 0. The summed E-state index contributed by atoms with van der Waals surface area (Å²) in [6.07, 6.45) is 2.45. The number of nitrogens with one attached hydrogen (secondary N) is 1. The van der Waals surface area contributed by atoms with E-state index in [9.17, 15) is 0 Å². The maximum atomic E-state index is 6.15. The van der Waals surface area contributed by atoms with E-state index in [1.54, 1.807) is 0 Å². The van der Waals surface area contributed by atoms with Gasteiger partial charge in [-0.3, -0.25) is 0 Å². The third-order valence-corrected chi connectivity index (χ3v) is 3.39. The lowest BCUT2D eigenvalue weighted by molar-refractivity contribution is 0.183. The molecule has 0 bridgehead atoms. The molecule has 2 heteroatoms. The zero-order valence-corrected chi connectivity index (χ0v) is 12.7. The second-order valence-electron chi connectivity index (χ2n) is 5.60. The van der Waals surface area contributed by atoms with Gasteiger partial charge >= 0.3 is 0 Å². The van der Waals surface area contributed by atoms with Crippen LogP contribution in [-0.2, 0) is 0 Å². The Balaban J connectivity index is 2.07. The SMILES string of the molecule is CCCC(CNC(C)C)Oc1ccc2ccccc2c1. The van der Waals surface area contributed by atoms with E-state index in [1.165, 1.54) is 10.8 Å². The van der Waals surface area contributed by atoms with Crippen molar-refractivity contribution in [1.82, 2.24) is 5.32 Å². The third kappa shape index (κ3) is 4.24. The Hall–Kier alpha value is -1.54. The Morgan fingerprint density at radius 1 is 1.05 bits per heavy atom. The highest BCUT2D eigenvalue weighted by molar-refractivity contribution is 5.83. The van der Waals surface area contributed by atoms with E-state index in [0.717, 1.165) is 25.1 Å². The fraction of sp³-hybridized carbons (Fsp3) is 0.444. The van der Waals surface area contributed by atoms with E-state index >= 15 is 0 Å². The maximum absolute atomic E-state index is 6.15. The Bertz CT molecular complexity index is 536. The average molecular weight is 271 g/mol. The Kier molecular flexibility index (Phi) is 5.42. The van der Waals surface area contributed by atoms with Crippen LogP contribution >= 0.6 is 0 Å². The summed E-state index contributed by atoms with van der Waals surface area (Å²) in [5.41, 5.74) is 0. The zero-order chi connectivity index (χ0) is 14.4. The van der Waals surface area contributed by atoms with E-state index in [4.69, 9.17) is 4.74 Å². The predicted octanol–water partition coefficient (Wildman–Crippen LogP) is 4.39. The van der Waals surface area contributed by atoms with E-state index in [1.807, 2.05) is 0 Å². The molecule has 0 amide bonds. The number of hydrogen-bond acceptors (Lipinski definition) is 2. The molecule has 0 saturated carbocycles. The van der Waals surface area contributed by atoms with Crippen LogP contribution in [0.25, 0.3) is 10.8 Å². The lowest BCUT2D eigenvalue weighted by atomic mass is 10.1. The van der Waals surface area contributed by atoms with Gasteiger partial charge in [0, 0.05) is 12.6 Å². The Morgan fingerprint density at radius 3 is 2.50 bits per heavy atom. The van der Waals surface area contributed by atoms with Crippen LogP contribution < -0.4 is 10.1 Å². The van der Waals surface area contributed by atoms with Gasteiger partial charge in [0.05, 0.1) is 0 Å². The van der Waals surface area contributed by atoms with Gasteiger partial charge in [-0.25, -0.2) is 0 Å². The van der Waals surface area contributed by atoms with Crippen molar-refractivity contribution in [2.75, 3.05) is 6.54 Å². The minimum atomic E-state index is 0.239. The Morgan fingerprint density at radius 2 is 1.80 bits per heavy atom. The number of ether oxygens (including phenoxy) is 1. The smallest absolute Gasteiger partial charge is 0.120 e. The van der Waals surface area contributed by atoms with E-state index in [2.05, 4.69) is 68.6 Å². The highest BCUT2D eigenvalue weighted by Crippen LogP contribution is 2.22. The van der Waals surface area contributed by atoms with Crippen LogP contribution in [0.5, 0.6) is 5.75 Å². The molecule has 0 aliphatic rings. The van der Waals surface area contributed by atoms with Crippen molar-refractivity contribution in [2.24, 2.45) is 0 Å². The third-order valence-electron chi connectivity index (χ3n) is 3.39. The molecule has 1 N–H and O–H groups in total. The fourth-order valence-corrected chi connectivity index (χ4v) is 2.32. The molecule has 0 radical (unpaired) electrons. The average Bonchev–Trinajstić information content (AvgIpc) is 2.45. The minimum Gasteiger partial charge on any atom is -0.489 e. The van der Waals surface area contributed by atoms with Gasteiger partial charge in [0.15, 0.2) is 0 Å². The number of fused-ring (bicyclic) bond motifs is 1. The van der Waals surface area contributed by atoms with Crippen LogP contribution in [-0.4, -0.2) is 18.7 Å². The topological polar surface area (TPSA) is 21.3 Å². The van der Waals surface area contributed by atoms with E-state index in [0.29, 0.717) is 6.04 Å². The van der Waals surface area contributed by atoms with Gasteiger partial charge in [0.2, 0.25) is 0 Å². The molecule has 2 rings (SSSR count). The van der Waals surface area contributed by atoms with Crippen molar-refractivity contribution in [3.05, 3.63) is 42.5 Å². The standard InChI is InChI=1S/C18H25NO/c1-4-7-18(13-19-14(2)3)20-17-11-10-15-8-5-6-9-16(15)12-17/h5-6,8-12,14,18-19H,4,7,13H2,1-3H3. The first-order valence-corrected chi connectivity index (χ1v) is 7.58. The van der Waals surface area contributed by atoms with Gasteiger partial charge in [0.1, 0.15) is 11.9 Å². The summed E-state index contributed by atoms with van der Waals surface area (Å²) in [6.45, 7) is 7.43. The molecular weight excluding hydrogens is 246 g/mol. The van der Waals surface area contributed by atoms with Crippen LogP contribution in [0, 0.1) is 0 Å². The number of rotatable bonds is 7. The molecule has 0 saturated heterocycles. The summed E-state index contributed by atoms with van der Waals surface area (Å²) < 4.78 is 6.15. The van der Waals surface area contributed by atoms with Crippen LogP contribution in [0.2, 0.25) is 0 Å². The van der Waals surface area contributed by atoms with Crippen LogP contribution in [0.15, 0.2) is 42.5 Å². The largest absolute Gasteiger partial charge is 0.489 e. The van der Waals surface area contributed by atoms with Crippen LogP contribution in [0.1, 0.15) is 33.6 Å². The molecular formula is C18H25NO. The summed E-state index contributed by atoms with van der Waals surface area (Å²) in [4.78, 5) is 0. The van der Waals surface area contributed by atoms with Crippen LogP contribution in [0.4, 0.5) is 0 Å². The molecule has 2 aromatic rings. The van der Waals surface area contributed by atoms with Crippen molar-refractivity contribution in [1.29, 1.82) is 0 Å². The molecule has 20 heavy (non-hydrogen) atoms. The molecule has 2 aromatic carbocycles. The van der Waals surface area contributed by atoms with E-state index in [-0.39, 0.29) is 6.10 Å². The molecule has 0 aliphatic carbocycles. The monoisotopic (exact) mass is 271 g/mol. The number of benzene rings is 2. The first-order chi connectivity index (χ1) is 9.69. The summed E-state index contributed by atoms with van der Waals surface area (Å²) in [5.74, 6) is 0.965. The Labute approximate surface area is 122 Å². The lowest BCUT2D eigenvalue weighted by Gasteiger charge is -2.21. The molecule has 0 aliphatic heterocycles. The molecule has 0 aromatic heterocycles. The minimum absolute atomic E-state index is 0.239. The van der Waals surface area contributed by atoms with E-state index < -0.39 is 0 Å². The van der Waals surface area contributed by atoms with Crippen molar-refractivity contribution < 1.29 is 4.74 Å². The normalized spacial score (nSPS) is 12.8. The fourth-order valence-electron chi connectivity index (χ4n) is 2.32. The molecule has 108 valence electrons. The van der Waals surface area contributed by atoms with Crippen LogP contribution in [0.3, 0.4) is 0 Å². The van der Waals surface area contributed by atoms with Crippen molar-refractivity contribution in [3.8, 4) is 5.75 Å². The molecule has 1 atom stereocenters. The number of hydrogen-bond donors (Lipinski definition) is 1. The lowest BCUT2D eigenvalue weighted by Crippen LogP contribution is -2.35. The summed E-state index contributed by atoms with van der Waals surface area (Å²) in [6, 6.07) is 15.2. The summed E-state index contributed by atoms with van der Waals surface area (Å²) in [7, 11) is 0. The van der Waals surface area contributed by atoms with Crippen molar-refractivity contribution in [2.45, 2.75) is 45.8 Å². The molecule has 0 heterocycles. The van der Waals surface area contributed by atoms with Gasteiger partial charge in [-0.05, 0) is 29.3 Å².